The summed E-state index contributed by atoms with van der Waals surface area (Å²) in [6, 6.07) is 0. The van der Waals surface area contributed by atoms with Crippen molar-refractivity contribution in [3.8, 4) is 0 Å². The molecule has 2 N–H and O–H groups in total. The number of sulfonamides is 2. The quantitative estimate of drug-likeness (QED) is 0.666. The van der Waals surface area contributed by atoms with Gasteiger partial charge in [-0.15, -0.1) is 9.50 Å². The second-order valence-corrected chi connectivity index (χ2v) is 6.98. The Hall–Kier alpha value is -0.780. The van der Waals surface area contributed by atoms with Crippen LogP contribution in [0.15, 0.2) is 8.74 Å². The van der Waals surface area contributed by atoms with Crippen molar-refractivity contribution < 1.29 is 16.8 Å². The minimum absolute atomic E-state index is 0.0541. The Labute approximate surface area is 90.2 Å². The van der Waals surface area contributed by atoms with E-state index in [0.717, 1.165) is 10.9 Å². The second kappa shape index (κ2) is 3.66. The van der Waals surface area contributed by atoms with Gasteiger partial charge < -0.3 is 0 Å². The molecule has 0 aliphatic carbocycles. The number of aromatic nitrogens is 2. The summed E-state index contributed by atoms with van der Waals surface area (Å²) in [7, 11) is -6.15. The second-order valence-electron chi connectivity index (χ2n) is 2.64. The summed E-state index contributed by atoms with van der Waals surface area (Å²) in [6.45, 7) is 0. The molecule has 0 unspecified atom stereocenters. The van der Waals surface area contributed by atoms with Crippen LogP contribution in [-0.2, 0) is 27.1 Å². The highest BCUT2D eigenvalue weighted by Gasteiger charge is 2.14. The minimum atomic E-state index is -3.93. The van der Waals surface area contributed by atoms with Crippen molar-refractivity contribution in [1.29, 1.82) is 0 Å². The summed E-state index contributed by atoms with van der Waals surface area (Å²) < 4.78 is 47.4. The molecule has 0 amide bonds. The molecule has 1 aromatic heterocycles. The van der Waals surface area contributed by atoms with E-state index in [0.29, 0.717) is 11.3 Å². The molecule has 1 aromatic rings. The summed E-state index contributed by atoms with van der Waals surface area (Å²) in [5, 5.41) is 8.35. The summed E-state index contributed by atoms with van der Waals surface area (Å²) in [5.74, 6) is 0. The highest BCUT2D eigenvalue weighted by molar-refractivity contribution is 7.91. The van der Waals surface area contributed by atoms with Gasteiger partial charge in [-0.05, 0) is 0 Å². The molecule has 15 heavy (non-hydrogen) atoms. The topological polar surface area (TPSA) is 124 Å². The number of rotatable bonds is 2. The first-order valence-corrected chi connectivity index (χ1v) is 7.63. The third kappa shape index (κ3) is 3.37. The SMILES string of the molecule is Cn1nc(S(N)(=O)=O)s/c1=N/S(C)(=O)=O. The monoisotopic (exact) mass is 272 g/mol. The first kappa shape index (κ1) is 12.3. The molecule has 0 aliphatic heterocycles. The van der Waals surface area contributed by atoms with Crippen molar-refractivity contribution in [3.63, 3.8) is 0 Å². The Kier molecular flexibility index (Phi) is 3.00. The van der Waals surface area contributed by atoms with Crippen LogP contribution in [-0.4, -0.2) is 32.9 Å². The molecule has 0 aromatic carbocycles. The van der Waals surface area contributed by atoms with Gasteiger partial charge >= 0.3 is 0 Å². The highest BCUT2D eigenvalue weighted by Crippen LogP contribution is 2.04. The van der Waals surface area contributed by atoms with Crippen molar-refractivity contribution in [2.45, 2.75) is 4.34 Å². The number of aryl methyl sites for hydroxylation is 1. The lowest BCUT2D eigenvalue weighted by Crippen LogP contribution is -2.14. The van der Waals surface area contributed by atoms with Gasteiger partial charge in [0, 0.05) is 7.05 Å². The summed E-state index contributed by atoms with van der Waals surface area (Å²) in [5.41, 5.74) is 0. The number of hydrogen-bond acceptors (Lipinski definition) is 6. The molecule has 0 radical (unpaired) electrons. The van der Waals surface area contributed by atoms with Crippen molar-refractivity contribution in [2.24, 2.45) is 16.6 Å². The maximum atomic E-state index is 10.9. The largest absolute Gasteiger partial charge is 0.267 e. The van der Waals surface area contributed by atoms with E-state index in [1.54, 1.807) is 0 Å². The maximum absolute atomic E-state index is 10.9. The third-order valence-electron chi connectivity index (χ3n) is 1.17. The van der Waals surface area contributed by atoms with Crippen LogP contribution in [0.5, 0.6) is 0 Å². The normalized spacial score (nSPS) is 14.5. The van der Waals surface area contributed by atoms with E-state index in [9.17, 15) is 16.8 Å². The molecule has 0 aliphatic rings. The smallest absolute Gasteiger partial charge is 0.239 e. The van der Waals surface area contributed by atoms with Crippen LogP contribution in [0.3, 0.4) is 0 Å². The zero-order valence-corrected chi connectivity index (χ0v) is 10.2. The van der Waals surface area contributed by atoms with E-state index in [2.05, 4.69) is 9.50 Å². The van der Waals surface area contributed by atoms with Gasteiger partial charge in [0.15, 0.2) is 0 Å². The lowest BCUT2D eigenvalue weighted by molar-refractivity contribution is 0.590. The molecule has 1 heterocycles. The number of nitrogens with zero attached hydrogens (tertiary/aromatic N) is 3. The van der Waals surface area contributed by atoms with Crippen LogP contribution < -0.4 is 9.94 Å². The van der Waals surface area contributed by atoms with Gasteiger partial charge in [0.2, 0.25) is 9.14 Å². The van der Waals surface area contributed by atoms with E-state index >= 15 is 0 Å². The van der Waals surface area contributed by atoms with Crippen molar-refractivity contribution in [2.75, 3.05) is 6.26 Å². The molecule has 1 rings (SSSR count). The van der Waals surface area contributed by atoms with Gasteiger partial charge in [0.25, 0.3) is 20.0 Å². The fourth-order valence-corrected chi connectivity index (χ4v) is 3.04. The van der Waals surface area contributed by atoms with E-state index in [1.165, 1.54) is 7.05 Å². The summed E-state index contributed by atoms with van der Waals surface area (Å²) in [4.78, 5) is -0.0541. The van der Waals surface area contributed by atoms with Crippen molar-refractivity contribution >= 4 is 31.4 Å². The third-order valence-corrected chi connectivity index (χ3v) is 4.10. The van der Waals surface area contributed by atoms with Gasteiger partial charge in [-0.2, -0.15) is 0 Å². The zero-order chi connectivity index (χ0) is 11.9. The Bertz CT molecular complexity index is 634. The molecule has 0 saturated carbocycles. The Morgan fingerprint density at radius 2 is 1.93 bits per heavy atom. The fraction of sp³-hybridized carbons (Fsp3) is 0.500. The van der Waals surface area contributed by atoms with E-state index in [4.69, 9.17) is 5.14 Å². The first-order chi connectivity index (χ1) is 6.59. The van der Waals surface area contributed by atoms with Gasteiger partial charge in [0.05, 0.1) is 6.26 Å². The molecule has 11 heteroatoms. The Balaban J connectivity index is 3.51. The van der Waals surface area contributed by atoms with Crippen LogP contribution >= 0.6 is 11.3 Å². The predicted molar refractivity (Wildman–Crippen MR) is 52.9 cm³/mol. The maximum Gasteiger partial charge on any atom is 0.267 e. The molecule has 0 atom stereocenters. The van der Waals surface area contributed by atoms with E-state index < -0.39 is 20.0 Å². The zero-order valence-electron chi connectivity index (χ0n) is 7.78. The van der Waals surface area contributed by atoms with Gasteiger partial charge in [0.1, 0.15) is 0 Å². The van der Waals surface area contributed by atoms with Crippen molar-refractivity contribution in [3.05, 3.63) is 4.80 Å². The van der Waals surface area contributed by atoms with Crippen LogP contribution in [0.1, 0.15) is 0 Å². The molecule has 0 bridgehead atoms. The average molecular weight is 272 g/mol. The van der Waals surface area contributed by atoms with Crippen LogP contribution in [0.2, 0.25) is 0 Å². The number of primary sulfonamides is 1. The fourth-order valence-electron chi connectivity index (χ4n) is 0.664. The van der Waals surface area contributed by atoms with E-state index in [-0.39, 0.29) is 9.14 Å². The molecule has 0 saturated heterocycles. The molecule has 86 valence electrons. The van der Waals surface area contributed by atoms with Crippen LogP contribution in [0.25, 0.3) is 0 Å². The predicted octanol–water partition coefficient (Wildman–Crippen LogP) is -2.01. The Morgan fingerprint density at radius 3 is 2.27 bits per heavy atom. The molecule has 0 fully saturated rings. The Morgan fingerprint density at radius 1 is 1.40 bits per heavy atom. The average Bonchev–Trinajstić information content (AvgIpc) is 2.27. The lowest BCUT2D eigenvalue weighted by Gasteiger charge is -1.86. The van der Waals surface area contributed by atoms with Gasteiger partial charge in [-0.3, -0.25) is 0 Å². The highest BCUT2D eigenvalue weighted by atomic mass is 32.2. The van der Waals surface area contributed by atoms with E-state index in [1.807, 2.05) is 0 Å². The standard InChI is InChI=1S/C4H8N4O4S3/c1-8-3(7-14(2,9)10)13-4(6-8)15(5,11)12/h1-2H3,(H2,5,11,12)/b7-3+. The van der Waals surface area contributed by atoms with Crippen molar-refractivity contribution in [1.82, 2.24) is 9.78 Å². The minimum Gasteiger partial charge on any atom is -0.239 e. The van der Waals surface area contributed by atoms with Gasteiger partial charge in [-0.25, -0.2) is 26.7 Å². The molecule has 0 spiro atoms. The summed E-state index contributed by atoms with van der Waals surface area (Å²) in [6.07, 6.45) is 0.892. The van der Waals surface area contributed by atoms with Crippen LogP contribution in [0, 0.1) is 0 Å². The first-order valence-electron chi connectivity index (χ1n) is 3.42. The molecular weight excluding hydrogens is 264 g/mol. The van der Waals surface area contributed by atoms with Crippen LogP contribution in [0.4, 0.5) is 0 Å². The lowest BCUT2D eigenvalue weighted by atomic mass is 11.2. The number of hydrogen-bond donors (Lipinski definition) is 1. The molecule has 8 nitrogen and oxygen atoms in total. The van der Waals surface area contributed by atoms with Gasteiger partial charge in [-0.1, -0.05) is 11.3 Å². The summed E-state index contributed by atoms with van der Waals surface area (Å²) >= 11 is 0.586. The molecular formula is C4H8N4O4S3. The number of nitrogens with two attached hydrogens (primary N) is 1.